The highest BCUT2D eigenvalue weighted by Gasteiger charge is 2.12. The van der Waals surface area contributed by atoms with E-state index in [0.717, 1.165) is 18.9 Å². The molecule has 0 fully saturated rings. The zero-order chi connectivity index (χ0) is 16.1. The second kappa shape index (κ2) is 7.17. The van der Waals surface area contributed by atoms with Crippen LogP contribution in [0.25, 0.3) is 0 Å². The van der Waals surface area contributed by atoms with Gasteiger partial charge in [-0.05, 0) is 30.7 Å². The van der Waals surface area contributed by atoms with E-state index in [1.807, 2.05) is 6.92 Å². The first kappa shape index (κ1) is 16.2. The Hall–Kier alpha value is -2.21. The largest absolute Gasteiger partial charge is 0.319 e. The van der Waals surface area contributed by atoms with Crippen molar-refractivity contribution < 1.29 is 9.18 Å². The summed E-state index contributed by atoms with van der Waals surface area (Å²) in [6, 6.07) is 6.30. The van der Waals surface area contributed by atoms with Gasteiger partial charge in [0.2, 0.25) is 0 Å². The monoisotopic (exact) mass is 323 g/mol. The predicted octanol–water partition coefficient (Wildman–Crippen LogP) is 3.09. The van der Waals surface area contributed by atoms with Gasteiger partial charge < -0.3 is 5.32 Å². The van der Waals surface area contributed by atoms with Gasteiger partial charge in [-0.15, -0.1) is 0 Å². The summed E-state index contributed by atoms with van der Waals surface area (Å²) < 4.78 is 14.2. The number of rotatable bonds is 5. The van der Waals surface area contributed by atoms with Crippen molar-refractivity contribution >= 4 is 23.2 Å². The van der Waals surface area contributed by atoms with E-state index < -0.39 is 11.7 Å². The molecule has 2 aromatic rings. The normalized spacial score (nSPS) is 10.5. The number of halogens is 2. The number of aromatic nitrogens is 2. The second-order valence-electron chi connectivity index (χ2n) is 4.71. The van der Waals surface area contributed by atoms with Crippen LogP contribution in [-0.2, 0) is 6.54 Å². The van der Waals surface area contributed by atoms with Crippen molar-refractivity contribution in [3.8, 4) is 0 Å². The van der Waals surface area contributed by atoms with Crippen molar-refractivity contribution in [3.05, 3.63) is 57.2 Å². The fraction of sp³-hybridized carbons (Fsp3) is 0.267. The molecule has 1 aromatic carbocycles. The van der Waals surface area contributed by atoms with E-state index in [9.17, 15) is 14.0 Å². The number of anilines is 1. The van der Waals surface area contributed by atoms with Crippen LogP contribution in [-0.4, -0.2) is 15.7 Å². The summed E-state index contributed by atoms with van der Waals surface area (Å²) >= 11 is 5.86. The first-order valence-electron chi connectivity index (χ1n) is 6.86. The molecule has 0 aliphatic carbocycles. The lowest BCUT2D eigenvalue weighted by Crippen LogP contribution is -2.26. The minimum absolute atomic E-state index is 0.0904. The number of hydrogen-bond acceptors (Lipinski definition) is 3. The molecule has 7 heteroatoms. The molecule has 0 bridgehead atoms. The summed E-state index contributed by atoms with van der Waals surface area (Å²) in [7, 11) is 0. The van der Waals surface area contributed by atoms with Gasteiger partial charge in [0.1, 0.15) is 11.5 Å². The molecule has 0 saturated heterocycles. The Balaban J connectivity index is 2.20. The van der Waals surface area contributed by atoms with Gasteiger partial charge in [0.05, 0.1) is 10.7 Å². The summed E-state index contributed by atoms with van der Waals surface area (Å²) in [5.74, 6) is -1.01. The molecule has 0 aliphatic heterocycles. The molecule has 0 spiro atoms. The highest BCUT2D eigenvalue weighted by molar-refractivity contribution is 6.33. The van der Waals surface area contributed by atoms with Crippen molar-refractivity contribution in [1.29, 1.82) is 0 Å². The van der Waals surface area contributed by atoms with E-state index >= 15 is 0 Å². The van der Waals surface area contributed by atoms with Crippen LogP contribution in [0.2, 0.25) is 5.02 Å². The van der Waals surface area contributed by atoms with E-state index in [1.165, 1.54) is 28.9 Å². The van der Waals surface area contributed by atoms with Crippen LogP contribution < -0.4 is 10.9 Å². The first-order valence-corrected chi connectivity index (χ1v) is 7.23. The molecule has 0 radical (unpaired) electrons. The minimum atomic E-state index is -0.515. The lowest BCUT2D eigenvalue weighted by Gasteiger charge is -2.08. The Labute approximate surface area is 131 Å². The number of nitrogens with one attached hydrogen (secondary N) is 1. The topological polar surface area (TPSA) is 64.0 Å². The van der Waals surface area contributed by atoms with Crippen molar-refractivity contribution in [3.63, 3.8) is 0 Å². The van der Waals surface area contributed by atoms with Crippen molar-refractivity contribution in [2.75, 3.05) is 5.32 Å². The van der Waals surface area contributed by atoms with Gasteiger partial charge in [-0.2, -0.15) is 5.10 Å². The molecule has 1 amide bonds. The lowest BCUT2D eigenvalue weighted by atomic mass is 10.3. The van der Waals surface area contributed by atoms with Crippen LogP contribution in [0.4, 0.5) is 10.1 Å². The number of unbranched alkanes of at least 4 members (excludes halogenated alkanes) is 1. The first-order chi connectivity index (χ1) is 10.5. The van der Waals surface area contributed by atoms with Gasteiger partial charge in [0.25, 0.3) is 11.5 Å². The van der Waals surface area contributed by atoms with Crippen LogP contribution in [0, 0.1) is 5.82 Å². The Morgan fingerprint density at radius 3 is 2.82 bits per heavy atom. The highest BCUT2D eigenvalue weighted by atomic mass is 35.5. The molecule has 1 heterocycles. The van der Waals surface area contributed by atoms with Crippen molar-refractivity contribution in [1.82, 2.24) is 9.78 Å². The maximum Gasteiger partial charge on any atom is 0.276 e. The van der Waals surface area contributed by atoms with Gasteiger partial charge >= 0.3 is 0 Å². The van der Waals surface area contributed by atoms with Gasteiger partial charge in [-0.3, -0.25) is 9.59 Å². The zero-order valence-electron chi connectivity index (χ0n) is 12.0. The molecular formula is C15H15ClFN3O2. The fourth-order valence-corrected chi connectivity index (χ4v) is 2.03. The summed E-state index contributed by atoms with van der Waals surface area (Å²) in [6.07, 6.45) is 1.71. The number of benzene rings is 1. The number of amides is 1. The van der Waals surface area contributed by atoms with Gasteiger partial charge in [-0.1, -0.05) is 24.9 Å². The smallest absolute Gasteiger partial charge is 0.276 e. The number of nitrogens with zero attached hydrogens (tertiary/aromatic N) is 2. The maximum atomic E-state index is 13.0. The average molecular weight is 324 g/mol. The zero-order valence-corrected chi connectivity index (χ0v) is 12.7. The summed E-state index contributed by atoms with van der Waals surface area (Å²) in [6.45, 7) is 2.45. The average Bonchev–Trinajstić information content (AvgIpc) is 2.49. The standard InChI is InChI=1S/C15H15ClFN3O2/c1-2-3-8-20-14(21)7-6-13(19-20)15(22)18-12-5-4-10(17)9-11(12)16/h4-7,9H,2-3,8H2,1H3,(H,18,22). The van der Waals surface area contributed by atoms with E-state index in [2.05, 4.69) is 10.4 Å². The van der Waals surface area contributed by atoms with Crippen LogP contribution in [0.5, 0.6) is 0 Å². The number of carbonyl (C=O) groups excluding carboxylic acids is 1. The molecule has 5 nitrogen and oxygen atoms in total. The Kier molecular flexibility index (Phi) is 5.27. The van der Waals surface area contributed by atoms with Crippen molar-refractivity contribution in [2.24, 2.45) is 0 Å². The van der Waals surface area contributed by atoms with E-state index in [0.29, 0.717) is 6.54 Å². The second-order valence-corrected chi connectivity index (χ2v) is 5.12. The number of aryl methyl sites for hydroxylation is 1. The predicted molar refractivity (Wildman–Crippen MR) is 82.8 cm³/mol. The minimum Gasteiger partial charge on any atom is -0.319 e. The Morgan fingerprint density at radius 1 is 1.36 bits per heavy atom. The van der Waals surface area contributed by atoms with Gasteiger partial charge in [-0.25, -0.2) is 9.07 Å². The van der Waals surface area contributed by atoms with Crippen molar-refractivity contribution in [2.45, 2.75) is 26.3 Å². The molecule has 1 aromatic heterocycles. The van der Waals surface area contributed by atoms with Crippen LogP contribution in [0.1, 0.15) is 30.3 Å². The van der Waals surface area contributed by atoms with Crippen LogP contribution in [0.3, 0.4) is 0 Å². The number of carbonyl (C=O) groups is 1. The quantitative estimate of drug-likeness (QED) is 0.919. The third-order valence-electron chi connectivity index (χ3n) is 3.00. The fourth-order valence-electron chi connectivity index (χ4n) is 1.82. The maximum absolute atomic E-state index is 13.0. The SMILES string of the molecule is CCCCn1nc(C(=O)Nc2ccc(F)cc2Cl)ccc1=O. The van der Waals surface area contributed by atoms with Crippen LogP contribution in [0.15, 0.2) is 35.1 Å². The third kappa shape index (κ3) is 3.92. The van der Waals surface area contributed by atoms with E-state index in [1.54, 1.807) is 0 Å². The molecule has 0 atom stereocenters. The summed E-state index contributed by atoms with van der Waals surface area (Å²) in [4.78, 5) is 23.8. The Bertz CT molecular complexity index is 746. The summed E-state index contributed by atoms with van der Waals surface area (Å²) in [5, 5.41) is 6.66. The number of hydrogen-bond donors (Lipinski definition) is 1. The Morgan fingerprint density at radius 2 is 2.14 bits per heavy atom. The third-order valence-corrected chi connectivity index (χ3v) is 3.31. The summed E-state index contributed by atoms with van der Waals surface area (Å²) in [5.41, 5.74) is 0.113. The molecule has 2 rings (SSSR count). The molecule has 1 N–H and O–H groups in total. The van der Waals surface area contributed by atoms with Gasteiger partial charge in [0, 0.05) is 12.6 Å². The lowest BCUT2D eigenvalue weighted by molar-refractivity contribution is 0.101. The van der Waals surface area contributed by atoms with Crippen LogP contribution >= 0.6 is 11.6 Å². The highest BCUT2D eigenvalue weighted by Crippen LogP contribution is 2.22. The molecule has 116 valence electrons. The molecular weight excluding hydrogens is 309 g/mol. The van der Waals surface area contributed by atoms with E-state index in [4.69, 9.17) is 11.6 Å². The molecule has 22 heavy (non-hydrogen) atoms. The molecule has 0 aliphatic rings. The van der Waals surface area contributed by atoms with E-state index in [-0.39, 0.29) is 22.0 Å². The molecule has 0 unspecified atom stereocenters. The molecule has 0 saturated carbocycles. The van der Waals surface area contributed by atoms with Gasteiger partial charge in [0.15, 0.2) is 0 Å².